The molecule has 0 aliphatic carbocycles. The van der Waals surface area contributed by atoms with Crippen molar-refractivity contribution in [3.05, 3.63) is 40.2 Å². The highest BCUT2D eigenvalue weighted by atomic mass is 79.9. The van der Waals surface area contributed by atoms with E-state index in [4.69, 9.17) is 9.15 Å². The molecule has 1 N–H and O–H groups in total. The van der Waals surface area contributed by atoms with E-state index in [0.717, 1.165) is 15.7 Å². The second kappa shape index (κ2) is 6.21. The van der Waals surface area contributed by atoms with Gasteiger partial charge in [-0.05, 0) is 30.7 Å². The summed E-state index contributed by atoms with van der Waals surface area (Å²) in [4.78, 5) is 4.27. The molecule has 19 heavy (non-hydrogen) atoms. The predicted octanol–water partition coefficient (Wildman–Crippen LogP) is 4.04. The van der Waals surface area contributed by atoms with Crippen LogP contribution in [-0.4, -0.2) is 11.0 Å². The van der Waals surface area contributed by atoms with Gasteiger partial charge in [-0.2, -0.15) is 4.98 Å². The van der Waals surface area contributed by atoms with Crippen LogP contribution in [0.25, 0.3) is 0 Å². The zero-order chi connectivity index (χ0) is 13.8. The molecule has 102 valence electrons. The van der Waals surface area contributed by atoms with E-state index in [9.17, 15) is 0 Å². The molecular weight excluding hydrogens is 308 g/mol. The number of hydrogen-bond donors (Lipinski definition) is 1. The van der Waals surface area contributed by atoms with Gasteiger partial charge < -0.3 is 14.5 Å². The molecule has 0 atom stereocenters. The van der Waals surface area contributed by atoms with Crippen LogP contribution in [-0.2, 0) is 6.54 Å². The summed E-state index contributed by atoms with van der Waals surface area (Å²) in [7, 11) is 0. The lowest BCUT2D eigenvalue weighted by atomic mass is 10.2. The Bertz CT molecular complexity index is 552. The Morgan fingerprint density at radius 3 is 2.89 bits per heavy atom. The van der Waals surface area contributed by atoms with Gasteiger partial charge in [0.15, 0.2) is 0 Å². The van der Waals surface area contributed by atoms with Crippen LogP contribution in [0.4, 0.5) is 0 Å². The van der Waals surface area contributed by atoms with Crippen molar-refractivity contribution >= 4 is 15.9 Å². The van der Waals surface area contributed by atoms with Gasteiger partial charge in [0, 0.05) is 17.1 Å². The SMILES string of the molecule is Cc1cc(Oc2nc(CNC(C)C)co2)ccc1Br. The Morgan fingerprint density at radius 1 is 1.42 bits per heavy atom. The monoisotopic (exact) mass is 324 g/mol. The number of benzene rings is 1. The van der Waals surface area contributed by atoms with Gasteiger partial charge >= 0.3 is 6.08 Å². The summed E-state index contributed by atoms with van der Waals surface area (Å²) in [6, 6.07) is 6.15. The van der Waals surface area contributed by atoms with E-state index in [-0.39, 0.29) is 6.08 Å². The summed E-state index contributed by atoms with van der Waals surface area (Å²) in [5.74, 6) is 0.714. The van der Waals surface area contributed by atoms with Crippen LogP contribution >= 0.6 is 15.9 Å². The van der Waals surface area contributed by atoms with Crippen LogP contribution in [0.2, 0.25) is 0 Å². The average Bonchev–Trinajstić information content (AvgIpc) is 2.79. The number of ether oxygens (including phenoxy) is 1. The first kappa shape index (κ1) is 14.1. The number of oxazole rings is 1. The third kappa shape index (κ3) is 4.08. The van der Waals surface area contributed by atoms with Crippen molar-refractivity contribution < 1.29 is 9.15 Å². The summed E-state index contributed by atoms with van der Waals surface area (Å²) in [5, 5.41) is 3.27. The molecule has 0 unspecified atom stereocenters. The maximum absolute atomic E-state index is 5.58. The molecule has 0 aliphatic rings. The molecule has 0 bridgehead atoms. The lowest BCUT2D eigenvalue weighted by molar-refractivity contribution is 0.330. The summed E-state index contributed by atoms with van der Waals surface area (Å²) >= 11 is 3.45. The fourth-order valence-corrected chi connectivity index (χ4v) is 1.75. The highest BCUT2D eigenvalue weighted by Gasteiger charge is 2.07. The Labute approximate surface area is 121 Å². The van der Waals surface area contributed by atoms with Gasteiger partial charge in [-0.3, -0.25) is 0 Å². The van der Waals surface area contributed by atoms with E-state index >= 15 is 0 Å². The maximum atomic E-state index is 5.58. The minimum Gasteiger partial charge on any atom is -0.417 e. The first-order valence-electron chi connectivity index (χ1n) is 6.16. The predicted molar refractivity (Wildman–Crippen MR) is 77.4 cm³/mol. The van der Waals surface area contributed by atoms with Crippen LogP contribution in [0.15, 0.2) is 33.4 Å². The van der Waals surface area contributed by atoms with Gasteiger partial charge in [-0.15, -0.1) is 0 Å². The Morgan fingerprint density at radius 2 is 2.21 bits per heavy atom. The smallest absolute Gasteiger partial charge is 0.399 e. The number of hydrogen-bond acceptors (Lipinski definition) is 4. The fourth-order valence-electron chi connectivity index (χ4n) is 1.51. The Kier molecular flexibility index (Phi) is 4.61. The van der Waals surface area contributed by atoms with Crippen molar-refractivity contribution in [1.29, 1.82) is 0 Å². The van der Waals surface area contributed by atoms with E-state index in [2.05, 4.69) is 40.1 Å². The van der Waals surface area contributed by atoms with Crippen molar-refractivity contribution in [2.24, 2.45) is 0 Å². The van der Waals surface area contributed by atoms with Crippen molar-refractivity contribution in [3.63, 3.8) is 0 Å². The molecule has 1 aromatic heterocycles. The highest BCUT2D eigenvalue weighted by molar-refractivity contribution is 9.10. The van der Waals surface area contributed by atoms with Crippen LogP contribution in [0.3, 0.4) is 0 Å². The third-order valence-electron chi connectivity index (χ3n) is 2.56. The van der Waals surface area contributed by atoms with Gasteiger partial charge in [0.05, 0.1) is 5.69 Å². The van der Waals surface area contributed by atoms with Crippen LogP contribution in [0.5, 0.6) is 11.8 Å². The third-order valence-corrected chi connectivity index (χ3v) is 3.45. The number of aryl methyl sites for hydroxylation is 1. The molecule has 0 fully saturated rings. The van der Waals surface area contributed by atoms with E-state index < -0.39 is 0 Å². The van der Waals surface area contributed by atoms with Gasteiger partial charge in [0.25, 0.3) is 0 Å². The second-order valence-corrected chi connectivity index (χ2v) is 5.51. The Balaban J connectivity index is 2.01. The molecule has 1 heterocycles. The lowest BCUT2D eigenvalue weighted by Gasteiger charge is -2.04. The molecule has 2 rings (SSSR count). The number of halogens is 1. The first-order valence-corrected chi connectivity index (χ1v) is 6.95. The Hall–Kier alpha value is -1.33. The topological polar surface area (TPSA) is 47.3 Å². The molecule has 0 aliphatic heterocycles. The van der Waals surface area contributed by atoms with Gasteiger partial charge in [0.1, 0.15) is 12.0 Å². The van der Waals surface area contributed by atoms with Gasteiger partial charge in [0.2, 0.25) is 0 Å². The molecule has 5 heteroatoms. The molecule has 1 aromatic carbocycles. The first-order chi connectivity index (χ1) is 9.04. The van der Waals surface area contributed by atoms with E-state index in [1.54, 1.807) is 6.26 Å². The zero-order valence-corrected chi connectivity index (χ0v) is 12.8. The second-order valence-electron chi connectivity index (χ2n) is 4.65. The van der Waals surface area contributed by atoms with Crippen LogP contribution in [0.1, 0.15) is 25.1 Å². The number of rotatable bonds is 5. The van der Waals surface area contributed by atoms with E-state index in [1.165, 1.54) is 0 Å². The minimum atomic E-state index is 0.266. The maximum Gasteiger partial charge on any atom is 0.399 e. The number of nitrogens with one attached hydrogen (secondary N) is 1. The summed E-state index contributed by atoms with van der Waals surface area (Å²) in [6.07, 6.45) is 1.87. The molecule has 0 amide bonds. The van der Waals surface area contributed by atoms with Gasteiger partial charge in [-0.1, -0.05) is 29.8 Å². The number of aromatic nitrogens is 1. The fraction of sp³-hybridized carbons (Fsp3) is 0.357. The quantitative estimate of drug-likeness (QED) is 0.901. The van der Waals surface area contributed by atoms with Gasteiger partial charge in [-0.25, -0.2) is 0 Å². The molecular formula is C14H17BrN2O2. The summed E-state index contributed by atoms with van der Waals surface area (Å²) < 4.78 is 11.9. The zero-order valence-electron chi connectivity index (χ0n) is 11.2. The molecule has 4 nitrogen and oxygen atoms in total. The molecule has 0 saturated heterocycles. The average molecular weight is 325 g/mol. The van der Waals surface area contributed by atoms with E-state index in [0.29, 0.717) is 18.3 Å². The lowest BCUT2D eigenvalue weighted by Crippen LogP contribution is -2.21. The van der Waals surface area contributed by atoms with Crippen LogP contribution < -0.4 is 10.1 Å². The highest BCUT2D eigenvalue weighted by Crippen LogP contribution is 2.25. The van der Waals surface area contributed by atoms with E-state index in [1.807, 2.05) is 25.1 Å². The standard InChI is InChI=1S/C14H17BrN2O2/c1-9(2)16-7-11-8-18-14(17-11)19-12-4-5-13(15)10(3)6-12/h4-6,8-9,16H,7H2,1-3H3. The van der Waals surface area contributed by atoms with Crippen molar-refractivity contribution in [3.8, 4) is 11.8 Å². The normalized spacial score (nSPS) is 11.0. The summed E-state index contributed by atoms with van der Waals surface area (Å²) in [5.41, 5.74) is 1.93. The number of nitrogens with zero attached hydrogens (tertiary/aromatic N) is 1. The van der Waals surface area contributed by atoms with Crippen molar-refractivity contribution in [1.82, 2.24) is 10.3 Å². The van der Waals surface area contributed by atoms with Crippen molar-refractivity contribution in [2.45, 2.75) is 33.4 Å². The molecule has 2 aromatic rings. The molecule has 0 spiro atoms. The largest absolute Gasteiger partial charge is 0.417 e. The molecule has 0 saturated carbocycles. The molecule has 0 radical (unpaired) electrons. The summed E-state index contributed by atoms with van der Waals surface area (Å²) in [6.45, 7) is 6.85. The minimum absolute atomic E-state index is 0.266. The van der Waals surface area contributed by atoms with Crippen molar-refractivity contribution in [2.75, 3.05) is 0 Å². The van der Waals surface area contributed by atoms with Crippen LogP contribution in [0, 0.1) is 6.92 Å².